The number of aromatic nitrogens is 3. The quantitative estimate of drug-likeness (QED) is 0.493. The van der Waals surface area contributed by atoms with Gasteiger partial charge < -0.3 is 9.88 Å². The lowest BCUT2D eigenvalue weighted by molar-refractivity contribution is -0.137. The van der Waals surface area contributed by atoms with Gasteiger partial charge in [0, 0.05) is 12.7 Å². The van der Waals surface area contributed by atoms with E-state index in [4.69, 9.17) is 0 Å². The topological polar surface area (TPSA) is 68.9 Å². The van der Waals surface area contributed by atoms with Crippen molar-refractivity contribution in [2.45, 2.75) is 33.1 Å². The summed E-state index contributed by atoms with van der Waals surface area (Å²) >= 11 is 0. The molecule has 0 atom stereocenters. The van der Waals surface area contributed by atoms with Gasteiger partial charge in [0.05, 0.1) is 27.8 Å². The third-order valence-electron chi connectivity index (χ3n) is 5.32. The molecule has 6 nitrogen and oxygen atoms in total. The summed E-state index contributed by atoms with van der Waals surface area (Å²) in [5, 5.41) is 7.46. The smallest absolute Gasteiger partial charge is 0.350 e. The fraction of sp³-hybridized carbons (Fsp3) is 0.208. The minimum Gasteiger partial charge on any atom is -0.350 e. The van der Waals surface area contributed by atoms with Crippen molar-refractivity contribution in [3.8, 4) is 5.69 Å². The maximum absolute atomic E-state index is 13.0. The Bertz CT molecular complexity index is 1390. The number of nitrogens with one attached hydrogen (secondary N) is 1. The highest BCUT2D eigenvalue weighted by atomic mass is 19.4. The molecule has 0 saturated heterocycles. The molecule has 33 heavy (non-hydrogen) atoms. The van der Waals surface area contributed by atoms with Gasteiger partial charge in [-0.2, -0.15) is 18.3 Å². The van der Waals surface area contributed by atoms with Crippen molar-refractivity contribution in [3.05, 3.63) is 93.5 Å². The molecule has 1 amide bonds. The van der Waals surface area contributed by atoms with Crippen molar-refractivity contribution in [1.82, 2.24) is 19.7 Å². The lowest BCUT2D eigenvalue weighted by Gasteiger charge is -2.10. The summed E-state index contributed by atoms with van der Waals surface area (Å²) in [6.07, 6.45) is -2.94. The predicted molar refractivity (Wildman–Crippen MR) is 118 cm³/mol. The molecule has 4 aromatic rings. The molecule has 2 heterocycles. The molecule has 0 bridgehead atoms. The van der Waals surface area contributed by atoms with Gasteiger partial charge in [-0.1, -0.05) is 29.8 Å². The number of benzene rings is 2. The van der Waals surface area contributed by atoms with Gasteiger partial charge in [-0.05, 0) is 49.7 Å². The second kappa shape index (κ2) is 8.57. The highest BCUT2D eigenvalue weighted by Gasteiger charge is 2.30. The molecule has 0 fully saturated rings. The van der Waals surface area contributed by atoms with Crippen LogP contribution in [-0.4, -0.2) is 20.3 Å². The zero-order valence-electron chi connectivity index (χ0n) is 18.0. The molecule has 4 rings (SSSR count). The van der Waals surface area contributed by atoms with Gasteiger partial charge >= 0.3 is 6.18 Å². The zero-order valence-corrected chi connectivity index (χ0v) is 18.0. The van der Waals surface area contributed by atoms with E-state index in [1.165, 1.54) is 22.9 Å². The first-order valence-corrected chi connectivity index (χ1v) is 10.2. The van der Waals surface area contributed by atoms with Crippen LogP contribution in [0.2, 0.25) is 0 Å². The third-order valence-corrected chi connectivity index (χ3v) is 5.32. The minimum atomic E-state index is -4.45. The summed E-state index contributed by atoms with van der Waals surface area (Å²) in [4.78, 5) is 25.4. The lowest BCUT2D eigenvalue weighted by atomic mass is 10.1. The number of alkyl halides is 3. The van der Waals surface area contributed by atoms with Crippen molar-refractivity contribution < 1.29 is 18.0 Å². The van der Waals surface area contributed by atoms with Gasteiger partial charge in [-0.3, -0.25) is 9.59 Å². The van der Waals surface area contributed by atoms with Crippen LogP contribution in [0.4, 0.5) is 13.2 Å². The first-order chi connectivity index (χ1) is 15.6. The average molecular weight is 454 g/mol. The van der Waals surface area contributed by atoms with E-state index in [9.17, 15) is 22.8 Å². The Hall–Kier alpha value is -3.88. The van der Waals surface area contributed by atoms with Crippen LogP contribution in [0.3, 0.4) is 0 Å². The number of aryl methyl sites for hydroxylation is 2. The van der Waals surface area contributed by atoms with E-state index < -0.39 is 17.6 Å². The van der Waals surface area contributed by atoms with E-state index >= 15 is 0 Å². The second-order valence-corrected chi connectivity index (χ2v) is 7.82. The predicted octanol–water partition coefficient (Wildman–Crippen LogP) is 4.14. The number of nitrogens with zero attached hydrogens (tertiary/aromatic N) is 3. The van der Waals surface area contributed by atoms with E-state index in [1.807, 2.05) is 31.2 Å². The van der Waals surface area contributed by atoms with Gasteiger partial charge in [0.2, 0.25) is 5.91 Å². The number of fused-ring (bicyclic) bond motifs is 1. The lowest BCUT2D eigenvalue weighted by Crippen LogP contribution is -2.31. The maximum atomic E-state index is 13.0. The van der Waals surface area contributed by atoms with E-state index in [1.54, 1.807) is 17.7 Å². The standard InChI is InChI=1S/C24H21F3N4O2/c1-15-6-8-19(9-7-15)31-20-10-11-30(23(33)22(20)16(2)29-31)14-21(32)28-13-17-4-3-5-18(12-17)24(25,26)27/h3-12H,13-14H2,1-2H3,(H,28,32). The molecular weight excluding hydrogens is 433 g/mol. The molecule has 0 aliphatic rings. The molecule has 0 unspecified atom stereocenters. The van der Waals surface area contributed by atoms with E-state index in [0.717, 1.165) is 23.4 Å². The summed E-state index contributed by atoms with van der Waals surface area (Å²) in [7, 11) is 0. The highest BCUT2D eigenvalue weighted by molar-refractivity contribution is 5.83. The first-order valence-electron chi connectivity index (χ1n) is 10.2. The molecule has 9 heteroatoms. The number of hydrogen-bond acceptors (Lipinski definition) is 3. The average Bonchev–Trinajstić information content (AvgIpc) is 3.11. The SMILES string of the molecule is Cc1ccc(-n2nc(C)c3c(=O)n(CC(=O)NCc4cccc(C(F)(F)F)c4)ccc32)cc1. The van der Waals surface area contributed by atoms with Gasteiger partial charge in [0.1, 0.15) is 6.54 Å². The molecule has 1 N–H and O–H groups in total. The zero-order chi connectivity index (χ0) is 23.8. The van der Waals surface area contributed by atoms with Gasteiger partial charge in [0.15, 0.2) is 0 Å². The molecule has 0 radical (unpaired) electrons. The summed E-state index contributed by atoms with van der Waals surface area (Å²) in [6.45, 7) is 3.37. The third kappa shape index (κ3) is 4.67. The molecule has 0 aliphatic carbocycles. The molecule has 170 valence electrons. The fourth-order valence-corrected chi connectivity index (χ4v) is 3.61. The second-order valence-electron chi connectivity index (χ2n) is 7.82. The van der Waals surface area contributed by atoms with Crippen LogP contribution in [0.25, 0.3) is 16.6 Å². The van der Waals surface area contributed by atoms with Crippen molar-refractivity contribution in [1.29, 1.82) is 0 Å². The van der Waals surface area contributed by atoms with Crippen LogP contribution in [-0.2, 0) is 24.1 Å². The van der Waals surface area contributed by atoms with Gasteiger partial charge in [-0.25, -0.2) is 4.68 Å². The van der Waals surface area contributed by atoms with Gasteiger partial charge in [-0.15, -0.1) is 0 Å². The molecule has 0 saturated carbocycles. The summed E-state index contributed by atoms with van der Waals surface area (Å²) in [5.74, 6) is -0.488. The van der Waals surface area contributed by atoms with Crippen molar-refractivity contribution in [3.63, 3.8) is 0 Å². The highest BCUT2D eigenvalue weighted by Crippen LogP contribution is 2.29. The number of pyridine rings is 1. The Balaban J connectivity index is 1.53. The van der Waals surface area contributed by atoms with Crippen LogP contribution in [0, 0.1) is 13.8 Å². The van der Waals surface area contributed by atoms with Crippen LogP contribution in [0.5, 0.6) is 0 Å². The molecule has 0 spiro atoms. The normalized spacial score (nSPS) is 11.7. The molecular formula is C24H21F3N4O2. The van der Waals surface area contributed by atoms with Crippen LogP contribution < -0.4 is 10.9 Å². The van der Waals surface area contributed by atoms with E-state index in [0.29, 0.717) is 22.2 Å². The van der Waals surface area contributed by atoms with Crippen molar-refractivity contribution in [2.75, 3.05) is 0 Å². The molecule has 0 aliphatic heterocycles. The Labute approximate surface area is 187 Å². The summed E-state index contributed by atoms with van der Waals surface area (Å²) in [6, 6.07) is 14.2. The number of hydrogen-bond donors (Lipinski definition) is 1. The monoisotopic (exact) mass is 454 g/mol. The number of carbonyl (C=O) groups is 1. The number of amides is 1. The summed E-state index contributed by atoms with van der Waals surface area (Å²) in [5.41, 5.74) is 2.25. The number of carbonyl (C=O) groups excluding carboxylic acids is 1. The van der Waals surface area contributed by atoms with Crippen LogP contribution in [0.15, 0.2) is 65.6 Å². The fourth-order valence-electron chi connectivity index (χ4n) is 3.61. The van der Waals surface area contributed by atoms with Crippen LogP contribution >= 0.6 is 0 Å². The van der Waals surface area contributed by atoms with Crippen LogP contribution in [0.1, 0.15) is 22.4 Å². The number of halogens is 3. The van der Waals surface area contributed by atoms with E-state index in [2.05, 4.69) is 10.4 Å². The summed E-state index contributed by atoms with van der Waals surface area (Å²) < 4.78 is 41.5. The Morgan fingerprint density at radius 1 is 1.06 bits per heavy atom. The first kappa shape index (κ1) is 22.3. The molecule has 2 aromatic carbocycles. The van der Waals surface area contributed by atoms with E-state index in [-0.39, 0.29) is 18.6 Å². The largest absolute Gasteiger partial charge is 0.416 e. The Morgan fingerprint density at radius 3 is 2.48 bits per heavy atom. The maximum Gasteiger partial charge on any atom is 0.416 e. The Kier molecular flexibility index (Phi) is 5.80. The van der Waals surface area contributed by atoms with Crippen molar-refractivity contribution in [2.24, 2.45) is 0 Å². The van der Waals surface area contributed by atoms with Gasteiger partial charge in [0.25, 0.3) is 5.56 Å². The molecule has 2 aromatic heterocycles. The minimum absolute atomic E-state index is 0.0792. The van der Waals surface area contributed by atoms with Crippen molar-refractivity contribution >= 4 is 16.8 Å². The number of rotatable bonds is 5. The Morgan fingerprint density at radius 2 is 1.79 bits per heavy atom.